The zero-order valence-electron chi connectivity index (χ0n) is 10.8. The fraction of sp³-hybridized carbons (Fsp3) is 0.353. The molecule has 1 aromatic rings. The summed E-state index contributed by atoms with van der Waals surface area (Å²) in [5.41, 5.74) is 1.56. The summed E-state index contributed by atoms with van der Waals surface area (Å²) in [6.07, 6.45) is 6.72. The molecule has 0 aromatic heterocycles. The summed E-state index contributed by atoms with van der Waals surface area (Å²) in [6.45, 7) is 2.20. The summed E-state index contributed by atoms with van der Waals surface area (Å²) in [7, 11) is 0. The highest BCUT2D eigenvalue weighted by molar-refractivity contribution is 5.74. The highest BCUT2D eigenvalue weighted by atomic mass is 16.1. The summed E-state index contributed by atoms with van der Waals surface area (Å²) < 4.78 is 0. The average Bonchev–Trinajstić information content (AvgIpc) is 2.42. The maximum absolute atomic E-state index is 10.5. The minimum absolute atomic E-state index is 0.669. The summed E-state index contributed by atoms with van der Waals surface area (Å²) in [6, 6.07) is 7.18. The van der Waals surface area contributed by atoms with Gasteiger partial charge in [0.15, 0.2) is 0 Å². The average molecular weight is 238 g/mol. The van der Waals surface area contributed by atoms with E-state index in [4.69, 9.17) is 0 Å². The molecular weight excluding hydrogens is 220 g/mol. The predicted octanol–water partition coefficient (Wildman–Crippen LogP) is 3.82. The van der Waals surface area contributed by atoms with E-state index in [9.17, 15) is 4.79 Å². The van der Waals surface area contributed by atoms with Crippen molar-refractivity contribution in [3.8, 4) is 23.7 Å². The molecule has 0 saturated carbocycles. The number of hydrogen-bond acceptors (Lipinski definition) is 1. The van der Waals surface area contributed by atoms with E-state index in [-0.39, 0.29) is 0 Å². The van der Waals surface area contributed by atoms with Crippen molar-refractivity contribution in [2.75, 3.05) is 0 Å². The number of carbonyl (C=O) groups excluding carboxylic acids is 1. The first-order valence-electron chi connectivity index (χ1n) is 6.41. The van der Waals surface area contributed by atoms with Gasteiger partial charge in [0.25, 0.3) is 0 Å². The van der Waals surface area contributed by atoms with Crippen LogP contribution >= 0.6 is 0 Å². The van der Waals surface area contributed by atoms with Crippen LogP contribution in [0.15, 0.2) is 24.3 Å². The van der Waals surface area contributed by atoms with Crippen molar-refractivity contribution in [1.82, 2.24) is 0 Å². The maximum atomic E-state index is 10.5. The van der Waals surface area contributed by atoms with Gasteiger partial charge in [-0.1, -0.05) is 50.2 Å². The second-order valence-corrected chi connectivity index (χ2v) is 4.10. The van der Waals surface area contributed by atoms with Crippen molar-refractivity contribution in [2.45, 2.75) is 39.0 Å². The number of benzene rings is 1. The lowest BCUT2D eigenvalue weighted by Crippen LogP contribution is -1.79. The van der Waals surface area contributed by atoms with E-state index in [0.29, 0.717) is 5.56 Å². The van der Waals surface area contributed by atoms with Crippen molar-refractivity contribution < 1.29 is 4.79 Å². The molecule has 1 rings (SSSR count). The second-order valence-electron chi connectivity index (χ2n) is 4.10. The van der Waals surface area contributed by atoms with Crippen LogP contribution in [0.5, 0.6) is 0 Å². The monoisotopic (exact) mass is 238 g/mol. The largest absolute Gasteiger partial charge is 0.298 e. The van der Waals surface area contributed by atoms with Crippen LogP contribution in [0.4, 0.5) is 0 Å². The quantitative estimate of drug-likeness (QED) is 0.433. The Morgan fingerprint density at radius 3 is 2.50 bits per heavy atom. The van der Waals surface area contributed by atoms with Crippen LogP contribution < -0.4 is 0 Å². The molecule has 18 heavy (non-hydrogen) atoms. The molecule has 0 atom stereocenters. The standard InChI is InChI=1S/C17H18O/c1-2-3-4-5-6-7-8-9-10-16-11-13-17(15-18)14-12-16/h11-15H,2-6H2,1H3. The van der Waals surface area contributed by atoms with Crippen LogP contribution in [0.1, 0.15) is 54.9 Å². The summed E-state index contributed by atoms with van der Waals surface area (Å²) in [5, 5.41) is 0. The molecule has 0 unspecified atom stereocenters. The van der Waals surface area contributed by atoms with Crippen LogP contribution in [0.3, 0.4) is 0 Å². The van der Waals surface area contributed by atoms with Gasteiger partial charge in [0.2, 0.25) is 0 Å². The van der Waals surface area contributed by atoms with Gasteiger partial charge in [0.1, 0.15) is 6.29 Å². The molecule has 0 aliphatic rings. The second kappa shape index (κ2) is 9.08. The number of unbranched alkanes of at least 4 members (excludes halogenated alkanes) is 4. The van der Waals surface area contributed by atoms with Crippen LogP contribution in [-0.2, 0) is 0 Å². The Labute approximate surface area is 110 Å². The summed E-state index contributed by atoms with van der Waals surface area (Å²) in [4.78, 5) is 10.5. The van der Waals surface area contributed by atoms with Gasteiger partial charge in [-0.25, -0.2) is 0 Å². The van der Waals surface area contributed by atoms with E-state index in [1.165, 1.54) is 19.3 Å². The third-order valence-corrected chi connectivity index (χ3v) is 2.56. The van der Waals surface area contributed by atoms with Gasteiger partial charge in [-0.2, -0.15) is 0 Å². The zero-order chi connectivity index (χ0) is 13.1. The van der Waals surface area contributed by atoms with E-state index in [1.807, 2.05) is 12.1 Å². The zero-order valence-corrected chi connectivity index (χ0v) is 10.8. The van der Waals surface area contributed by atoms with Gasteiger partial charge >= 0.3 is 0 Å². The maximum Gasteiger partial charge on any atom is 0.150 e. The SMILES string of the molecule is CCCCCCC#CC#Cc1ccc(C=O)cc1. The predicted molar refractivity (Wildman–Crippen MR) is 75.2 cm³/mol. The van der Waals surface area contributed by atoms with Crippen molar-refractivity contribution in [1.29, 1.82) is 0 Å². The molecule has 0 spiro atoms. The molecule has 0 aliphatic heterocycles. The molecular formula is C17H18O. The number of carbonyl (C=O) groups is 1. The summed E-state index contributed by atoms with van der Waals surface area (Å²) >= 11 is 0. The van der Waals surface area contributed by atoms with Gasteiger partial charge in [-0.3, -0.25) is 4.79 Å². The third kappa shape index (κ3) is 5.92. The highest BCUT2D eigenvalue weighted by Gasteiger charge is 1.88. The molecule has 0 saturated heterocycles. The van der Waals surface area contributed by atoms with Crippen LogP contribution in [0.2, 0.25) is 0 Å². The molecule has 0 N–H and O–H groups in total. The summed E-state index contributed by atoms with van der Waals surface area (Å²) in [5.74, 6) is 11.7. The first kappa shape index (κ1) is 14.1. The van der Waals surface area contributed by atoms with Crippen molar-refractivity contribution >= 4 is 6.29 Å². The van der Waals surface area contributed by atoms with E-state index in [0.717, 1.165) is 24.7 Å². The minimum atomic E-state index is 0.669. The number of hydrogen-bond donors (Lipinski definition) is 0. The molecule has 0 heterocycles. The first-order valence-corrected chi connectivity index (χ1v) is 6.41. The van der Waals surface area contributed by atoms with E-state index in [2.05, 4.69) is 30.6 Å². The van der Waals surface area contributed by atoms with Gasteiger partial charge in [0, 0.05) is 17.5 Å². The molecule has 0 radical (unpaired) electrons. The Kier molecular flexibility index (Phi) is 7.10. The van der Waals surface area contributed by atoms with Crippen molar-refractivity contribution in [3.63, 3.8) is 0 Å². The molecule has 1 heteroatoms. The Bertz CT molecular complexity index is 474. The van der Waals surface area contributed by atoms with Gasteiger partial charge in [-0.05, 0) is 30.4 Å². The van der Waals surface area contributed by atoms with Crippen LogP contribution in [0, 0.1) is 23.7 Å². The van der Waals surface area contributed by atoms with Crippen molar-refractivity contribution in [3.05, 3.63) is 35.4 Å². The Morgan fingerprint density at radius 1 is 1.06 bits per heavy atom. The molecule has 0 aliphatic carbocycles. The molecule has 1 aromatic carbocycles. The molecule has 92 valence electrons. The highest BCUT2D eigenvalue weighted by Crippen LogP contribution is 2.01. The Balaban J connectivity index is 2.36. The Hall–Kier alpha value is -1.99. The van der Waals surface area contributed by atoms with Gasteiger partial charge in [0.05, 0.1) is 0 Å². The minimum Gasteiger partial charge on any atom is -0.298 e. The third-order valence-electron chi connectivity index (χ3n) is 2.56. The topological polar surface area (TPSA) is 17.1 Å². The fourth-order valence-electron chi connectivity index (χ4n) is 1.50. The first-order chi connectivity index (χ1) is 8.86. The van der Waals surface area contributed by atoms with Gasteiger partial charge < -0.3 is 0 Å². The lowest BCUT2D eigenvalue weighted by Gasteiger charge is -1.91. The fourth-order valence-corrected chi connectivity index (χ4v) is 1.50. The molecule has 0 bridgehead atoms. The normalized spacial score (nSPS) is 8.72. The lowest BCUT2D eigenvalue weighted by atomic mass is 10.1. The van der Waals surface area contributed by atoms with E-state index in [1.54, 1.807) is 12.1 Å². The number of aldehydes is 1. The number of rotatable bonds is 5. The molecule has 0 amide bonds. The van der Waals surface area contributed by atoms with Gasteiger partial charge in [-0.15, -0.1) is 0 Å². The Morgan fingerprint density at radius 2 is 1.83 bits per heavy atom. The van der Waals surface area contributed by atoms with Crippen LogP contribution in [-0.4, -0.2) is 6.29 Å². The van der Waals surface area contributed by atoms with Crippen LogP contribution in [0.25, 0.3) is 0 Å². The van der Waals surface area contributed by atoms with E-state index >= 15 is 0 Å². The molecule has 1 nitrogen and oxygen atoms in total. The van der Waals surface area contributed by atoms with E-state index < -0.39 is 0 Å². The smallest absolute Gasteiger partial charge is 0.150 e. The lowest BCUT2D eigenvalue weighted by molar-refractivity contribution is 0.112. The van der Waals surface area contributed by atoms with Crippen molar-refractivity contribution in [2.24, 2.45) is 0 Å². The molecule has 0 fully saturated rings.